The number of hydrogen-bond donors (Lipinski definition) is 1. The molecule has 0 bridgehead atoms. The first-order chi connectivity index (χ1) is 18.6. The van der Waals surface area contributed by atoms with Crippen molar-refractivity contribution in [3.63, 3.8) is 0 Å². The zero-order valence-corrected chi connectivity index (χ0v) is 23.8. The number of hydrogen-bond acceptors (Lipinski definition) is 6. The molecule has 0 radical (unpaired) electrons. The number of fused-ring (bicyclic) bond motifs is 1. The van der Waals surface area contributed by atoms with Gasteiger partial charge in [0.25, 0.3) is 5.56 Å². The van der Waals surface area contributed by atoms with Crippen LogP contribution in [0.4, 0.5) is 0 Å². The zero-order chi connectivity index (χ0) is 28.2. The number of aromatic nitrogens is 1. The molecule has 1 heterocycles. The highest BCUT2D eigenvalue weighted by molar-refractivity contribution is 9.10. The quantitative estimate of drug-likeness (QED) is 0.155. The number of rotatable bonds is 10. The number of esters is 1. The van der Waals surface area contributed by atoms with Gasteiger partial charge in [-0.05, 0) is 53.3 Å². The van der Waals surface area contributed by atoms with Crippen LogP contribution in [0.25, 0.3) is 21.9 Å². The third kappa shape index (κ3) is 6.35. The lowest BCUT2D eigenvalue weighted by molar-refractivity contribution is -0.140. The molecule has 0 spiro atoms. The largest absolute Gasteiger partial charge is 0.469 e. The first-order valence-electron chi connectivity index (χ1n) is 12.2. The summed E-state index contributed by atoms with van der Waals surface area (Å²) in [6, 6.07) is 20.9. The van der Waals surface area contributed by atoms with Gasteiger partial charge in [-0.15, -0.1) is 0 Å². The van der Waals surface area contributed by atoms with Crippen molar-refractivity contribution in [1.82, 2.24) is 9.29 Å². The predicted molar refractivity (Wildman–Crippen MR) is 153 cm³/mol. The van der Waals surface area contributed by atoms with E-state index in [4.69, 9.17) is 0 Å². The summed E-state index contributed by atoms with van der Waals surface area (Å²) in [5, 5.41) is 1.14. The predicted octanol–water partition coefficient (Wildman–Crippen LogP) is 4.91. The van der Waals surface area contributed by atoms with E-state index in [0.29, 0.717) is 28.3 Å². The van der Waals surface area contributed by atoms with Gasteiger partial charge in [-0.1, -0.05) is 58.4 Å². The molecular formula is C29H27BrN2O6S. The second-order valence-electron chi connectivity index (χ2n) is 8.95. The third-order valence-electron chi connectivity index (χ3n) is 6.28. The van der Waals surface area contributed by atoms with E-state index in [0.717, 1.165) is 10.0 Å². The average molecular weight is 612 g/mol. The van der Waals surface area contributed by atoms with Gasteiger partial charge in [-0.3, -0.25) is 19.0 Å². The molecule has 0 aliphatic heterocycles. The van der Waals surface area contributed by atoms with E-state index in [1.165, 1.54) is 30.7 Å². The Hall–Kier alpha value is -3.60. The fourth-order valence-electron chi connectivity index (χ4n) is 4.41. The normalized spacial score (nSPS) is 11.5. The molecule has 0 amide bonds. The van der Waals surface area contributed by atoms with Crippen molar-refractivity contribution in [3.8, 4) is 11.1 Å². The monoisotopic (exact) mass is 610 g/mol. The lowest BCUT2D eigenvalue weighted by Gasteiger charge is -2.19. The Kier molecular flexibility index (Phi) is 8.79. The van der Waals surface area contributed by atoms with Crippen molar-refractivity contribution in [2.45, 2.75) is 31.2 Å². The Labute approximate surface area is 234 Å². The van der Waals surface area contributed by atoms with E-state index in [1.807, 2.05) is 36.4 Å². The highest BCUT2D eigenvalue weighted by Crippen LogP contribution is 2.33. The van der Waals surface area contributed by atoms with Crippen molar-refractivity contribution in [3.05, 3.63) is 98.9 Å². The molecule has 202 valence electrons. The number of methoxy groups -OCH3 is 1. The average Bonchev–Trinajstić information content (AvgIpc) is 2.92. The van der Waals surface area contributed by atoms with Gasteiger partial charge in [0.2, 0.25) is 10.0 Å². The summed E-state index contributed by atoms with van der Waals surface area (Å²) in [5.41, 5.74) is 2.08. The molecule has 0 aliphatic rings. The summed E-state index contributed by atoms with van der Waals surface area (Å²) in [6.07, 6.45) is 0.419. The van der Waals surface area contributed by atoms with E-state index in [-0.39, 0.29) is 41.4 Å². The van der Waals surface area contributed by atoms with Crippen LogP contribution in [0, 0.1) is 0 Å². The van der Waals surface area contributed by atoms with Crippen molar-refractivity contribution in [1.29, 1.82) is 0 Å². The molecule has 8 nitrogen and oxygen atoms in total. The lowest BCUT2D eigenvalue weighted by Crippen LogP contribution is -2.27. The van der Waals surface area contributed by atoms with Gasteiger partial charge < -0.3 is 4.74 Å². The Morgan fingerprint density at radius 1 is 0.974 bits per heavy atom. The summed E-state index contributed by atoms with van der Waals surface area (Å²) in [7, 11) is -2.51. The fraction of sp³-hybridized carbons (Fsp3) is 0.207. The van der Waals surface area contributed by atoms with Gasteiger partial charge in [0.1, 0.15) is 0 Å². The van der Waals surface area contributed by atoms with Crippen LogP contribution in [0.2, 0.25) is 0 Å². The van der Waals surface area contributed by atoms with E-state index in [2.05, 4.69) is 25.4 Å². The molecule has 3 aromatic carbocycles. The van der Waals surface area contributed by atoms with Crippen LogP contribution in [0.1, 0.15) is 35.8 Å². The van der Waals surface area contributed by atoms with Crippen molar-refractivity contribution >= 4 is 48.5 Å². The summed E-state index contributed by atoms with van der Waals surface area (Å²) < 4.78 is 34.6. The maximum atomic E-state index is 13.7. The molecule has 0 unspecified atom stereocenters. The molecule has 0 saturated carbocycles. The highest BCUT2D eigenvalue weighted by Gasteiger charge is 2.22. The van der Waals surface area contributed by atoms with Crippen LogP contribution in [0.3, 0.4) is 0 Å². The summed E-state index contributed by atoms with van der Waals surface area (Å²) >= 11 is 3.48. The Morgan fingerprint density at radius 3 is 2.31 bits per heavy atom. The van der Waals surface area contributed by atoms with Gasteiger partial charge in [0.05, 0.1) is 24.2 Å². The molecule has 10 heteroatoms. The molecule has 1 N–H and O–H groups in total. The highest BCUT2D eigenvalue weighted by atomic mass is 79.9. The molecular weight excluding hydrogens is 584 g/mol. The number of ketones is 1. The van der Waals surface area contributed by atoms with Crippen LogP contribution in [-0.2, 0) is 26.1 Å². The standard InChI is InChI=1S/C29H27BrN2O6S/c1-19(33)28-27(21-7-4-3-5-8-21)25-17-22(30)12-15-24(25)29(35)32(28)18-20-10-13-23(14-11-20)39(36,37)31-16-6-9-26(34)38-2/h3-5,7-8,10-15,17,31H,6,9,16,18H2,1-2H3. The van der Waals surface area contributed by atoms with E-state index in [9.17, 15) is 22.8 Å². The van der Waals surface area contributed by atoms with Gasteiger partial charge >= 0.3 is 5.97 Å². The Balaban J connectivity index is 1.72. The number of carbonyl (C=O) groups excluding carboxylic acids is 2. The number of nitrogens with zero attached hydrogens (tertiary/aromatic N) is 1. The molecule has 1 aromatic heterocycles. The Bertz CT molecular complexity index is 1700. The number of pyridine rings is 1. The molecule has 0 saturated heterocycles. The molecule has 0 aliphatic carbocycles. The molecule has 0 fully saturated rings. The second kappa shape index (κ2) is 12.1. The number of benzene rings is 3. The smallest absolute Gasteiger partial charge is 0.305 e. The minimum absolute atomic E-state index is 0.0526. The first-order valence-corrected chi connectivity index (χ1v) is 14.5. The minimum atomic E-state index is -3.79. The molecule has 0 atom stereocenters. The van der Waals surface area contributed by atoms with Gasteiger partial charge in [0, 0.05) is 35.3 Å². The van der Waals surface area contributed by atoms with Crippen LogP contribution < -0.4 is 10.3 Å². The number of halogens is 1. The van der Waals surface area contributed by atoms with E-state index in [1.54, 1.807) is 24.3 Å². The third-order valence-corrected chi connectivity index (χ3v) is 8.25. The van der Waals surface area contributed by atoms with Crippen molar-refractivity contribution in [2.75, 3.05) is 13.7 Å². The number of ether oxygens (including phenoxy) is 1. The summed E-state index contributed by atoms with van der Waals surface area (Å²) in [6.45, 7) is 1.60. The number of carbonyl (C=O) groups is 2. The first kappa shape index (κ1) is 28.4. The number of nitrogens with one attached hydrogen (secondary N) is 1. The van der Waals surface area contributed by atoms with Crippen LogP contribution >= 0.6 is 15.9 Å². The van der Waals surface area contributed by atoms with Crippen LogP contribution in [-0.4, -0.2) is 38.4 Å². The summed E-state index contributed by atoms with van der Waals surface area (Å²) in [4.78, 5) is 37.9. The molecule has 39 heavy (non-hydrogen) atoms. The van der Waals surface area contributed by atoms with Crippen molar-refractivity contribution in [2.24, 2.45) is 0 Å². The van der Waals surface area contributed by atoms with Gasteiger partial charge in [-0.2, -0.15) is 0 Å². The molecule has 4 rings (SSSR count). The van der Waals surface area contributed by atoms with E-state index >= 15 is 0 Å². The van der Waals surface area contributed by atoms with Gasteiger partial charge in [0.15, 0.2) is 5.78 Å². The fourth-order valence-corrected chi connectivity index (χ4v) is 5.85. The second-order valence-corrected chi connectivity index (χ2v) is 11.6. The molecule has 4 aromatic rings. The summed E-state index contributed by atoms with van der Waals surface area (Å²) in [5.74, 6) is -0.668. The SMILES string of the molecule is COC(=O)CCCNS(=O)(=O)c1ccc(Cn2c(C(C)=O)c(-c3ccccc3)c3cc(Br)ccc3c2=O)cc1. The van der Waals surface area contributed by atoms with Crippen LogP contribution in [0.15, 0.2) is 87.0 Å². The van der Waals surface area contributed by atoms with Crippen LogP contribution in [0.5, 0.6) is 0 Å². The Morgan fingerprint density at radius 2 is 1.67 bits per heavy atom. The van der Waals surface area contributed by atoms with Crippen molar-refractivity contribution < 1.29 is 22.7 Å². The maximum absolute atomic E-state index is 13.7. The topological polar surface area (TPSA) is 112 Å². The number of sulfonamides is 1. The lowest BCUT2D eigenvalue weighted by atomic mass is 9.95. The minimum Gasteiger partial charge on any atom is -0.469 e. The van der Waals surface area contributed by atoms with E-state index < -0.39 is 16.0 Å². The number of Topliss-reactive ketones (excluding diaryl/α,β-unsaturated/α-hetero) is 1. The van der Waals surface area contributed by atoms with Gasteiger partial charge in [-0.25, -0.2) is 13.1 Å². The maximum Gasteiger partial charge on any atom is 0.305 e. The zero-order valence-electron chi connectivity index (χ0n) is 21.4.